The lowest BCUT2D eigenvalue weighted by molar-refractivity contribution is -0.150. The van der Waals surface area contributed by atoms with Crippen molar-refractivity contribution in [3.63, 3.8) is 0 Å². The molecular formula is C14H25N3O3. The molecule has 0 aromatic rings. The van der Waals surface area contributed by atoms with E-state index in [-0.39, 0.29) is 12.1 Å². The van der Waals surface area contributed by atoms with Gasteiger partial charge in [-0.25, -0.2) is 4.79 Å². The molecule has 20 heavy (non-hydrogen) atoms. The fourth-order valence-electron chi connectivity index (χ4n) is 3.14. The van der Waals surface area contributed by atoms with Crippen LogP contribution in [0.4, 0.5) is 4.79 Å². The number of nitrogens with one attached hydrogen (secondary N) is 1. The van der Waals surface area contributed by atoms with E-state index in [9.17, 15) is 14.7 Å². The Morgan fingerprint density at radius 2 is 2.05 bits per heavy atom. The molecule has 0 spiro atoms. The van der Waals surface area contributed by atoms with Crippen LogP contribution in [0.5, 0.6) is 0 Å². The number of aliphatic carboxylic acids is 1. The normalized spacial score (nSPS) is 31.9. The number of likely N-dealkylation sites (N-methyl/N-ethyl adjacent to an activating group) is 1. The highest BCUT2D eigenvalue weighted by atomic mass is 16.4. The van der Waals surface area contributed by atoms with E-state index in [0.29, 0.717) is 19.5 Å². The van der Waals surface area contributed by atoms with Crippen LogP contribution < -0.4 is 5.32 Å². The number of carbonyl (C=O) groups excluding carboxylic acids is 1. The van der Waals surface area contributed by atoms with Gasteiger partial charge in [-0.3, -0.25) is 4.79 Å². The summed E-state index contributed by atoms with van der Waals surface area (Å²) in [6.07, 6.45) is 3.48. The number of hydrogen-bond acceptors (Lipinski definition) is 3. The summed E-state index contributed by atoms with van der Waals surface area (Å²) in [6, 6.07) is 0.0664. The smallest absolute Gasteiger partial charge is 0.317 e. The number of carboxylic acid groups (broad SMARTS) is 1. The van der Waals surface area contributed by atoms with Gasteiger partial charge in [0, 0.05) is 25.7 Å². The van der Waals surface area contributed by atoms with Gasteiger partial charge < -0.3 is 20.2 Å². The average molecular weight is 283 g/mol. The zero-order chi connectivity index (χ0) is 14.8. The molecule has 2 unspecified atom stereocenters. The van der Waals surface area contributed by atoms with E-state index in [2.05, 4.69) is 17.3 Å². The molecule has 0 aromatic heterocycles. The third-order valence-corrected chi connectivity index (χ3v) is 4.45. The lowest BCUT2D eigenvalue weighted by Crippen LogP contribution is -2.55. The Balaban J connectivity index is 1.90. The SMILES string of the molecule is CN1CCCC(NC(=O)N2CCCC(C)(C(=O)O)C2)C1. The van der Waals surface area contributed by atoms with Crippen LogP contribution in [0.1, 0.15) is 32.6 Å². The molecule has 2 aliphatic rings. The second-order valence-corrected chi connectivity index (χ2v) is 6.44. The second-order valence-electron chi connectivity index (χ2n) is 6.44. The fraction of sp³-hybridized carbons (Fsp3) is 0.857. The van der Waals surface area contributed by atoms with Crippen molar-refractivity contribution in [3.8, 4) is 0 Å². The molecule has 0 saturated carbocycles. The number of piperidine rings is 2. The van der Waals surface area contributed by atoms with Crippen LogP contribution in [-0.2, 0) is 4.79 Å². The van der Waals surface area contributed by atoms with Crippen LogP contribution >= 0.6 is 0 Å². The zero-order valence-electron chi connectivity index (χ0n) is 12.4. The third-order valence-electron chi connectivity index (χ3n) is 4.45. The Kier molecular flexibility index (Phi) is 4.52. The number of rotatable bonds is 2. The highest BCUT2D eigenvalue weighted by molar-refractivity contribution is 5.78. The van der Waals surface area contributed by atoms with Gasteiger partial charge in [-0.2, -0.15) is 0 Å². The first-order valence-electron chi connectivity index (χ1n) is 7.38. The number of carbonyl (C=O) groups is 2. The first kappa shape index (κ1) is 15.1. The van der Waals surface area contributed by atoms with Crippen LogP contribution in [0.3, 0.4) is 0 Å². The number of amides is 2. The van der Waals surface area contributed by atoms with Gasteiger partial charge in [-0.1, -0.05) is 0 Å². The molecule has 2 amide bonds. The van der Waals surface area contributed by atoms with Crippen LogP contribution in [0.15, 0.2) is 0 Å². The summed E-state index contributed by atoms with van der Waals surface area (Å²) in [5.41, 5.74) is -0.807. The Labute approximate surface area is 120 Å². The fourth-order valence-corrected chi connectivity index (χ4v) is 3.14. The van der Waals surface area contributed by atoms with Crippen molar-refractivity contribution < 1.29 is 14.7 Å². The molecule has 0 radical (unpaired) electrons. The Bertz CT molecular complexity index is 388. The van der Waals surface area contributed by atoms with Crippen molar-refractivity contribution in [2.45, 2.75) is 38.6 Å². The number of nitrogens with zero attached hydrogens (tertiary/aromatic N) is 2. The molecule has 6 nitrogen and oxygen atoms in total. The van der Waals surface area contributed by atoms with E-state index in [4.69, 9.17) is 0 Å². The van der Waals surface area contributed by atoms with Crippen LogP contribution in [-0.4, -0.2) is 66.2 Å². The minimum Gasteiger partial charge on any atom is -0.481 e. The molecule has 2 aliphatic heterocycles. The largest absolute Gasteiger partial charge is 0.481 e. The second kappa shape index (κ2) is 5.99. The predicted octanol–water partition coefficient (Wildman–Crippen LogP) is 0.977. The number of hydrogen-bond donors (Lipinski definition) is 2. The van der Waals surface area contributed by atoms with Crippen molar-refractivity contribution in [1.29, 1.82) is 0 Å². The average Bonchev–Trinajstić information content (AvgIpc) is 2.38. The lowest BCUT2D eigenvalue weighted by atomic mass is 9.82. The van der Waals surface area contributed by atoms with Gasteiger partial charge in [0.1, 0.15) is 0 Å². The molecule has 0 bridgehead atoms. The van der Waals surface area contributed by atoms with Gasteiger partial charge >= 0.3 is 12.0 Å². The van der Waals surface area contributed by atoms with Gasteiger partial charge in [-0.15, -0.1) is 0 Å². The van der Waals surface area contributed by atoms with Gasteiger partial charge in [0.2, 0.25) is 0 Å². The standard InChI is InChI=1S/C14H25N3O3/c1-14(12(18)19)6-4-8-17(10-14)13(20)15-11-5-3-7-16(2)9-11/h11H,3-10H2,1-2H3,(H,15,20)(H,18,19). The lowest BCUT2D eigenvalue weighted by Gasteiger charge is -2.39. The van der Waals surface area contributed by atoms with Crippen molar-refractivity contribution in [2.24, 2.45) is 5.41 Å². The zero-order valence-corrected chi connectivity index (χ0v) is 12.4. The molecule has 2 saturated heterocycles. The Morgan fingerprint density at radius 1 is 1.30 bits per heavy atom. The predicted molar refractivity (Wildman–Crippen MR) is 75.6 cm³/mol. The molecule has 0 aromatic carbocycles. The van der Waals surface area contributed by atoms with Gasteiger partial charge in [0.25, 0.3) is 0 Å². The van der Waals surface area contributed by atoms with Gasteiger partial charge in [-0.05, 0) is 46.2 Å². The molecule has 6 heteroatoms. The van der Waals surface area contributed by atoms with Crippen molar-refractivity contribution in [1.82, 2.24) is 15.1 Å². The number of carboxylic acids is 1. The maximum Gasteiger partial charge on any atom is 0.317 e. The summed E-state index contributed by atoms with van der Waals surface area (Å²) >= 11 is 0. The Morgan fingerprint density at radius 3 is 2.70 bits per heavy atom. The summed E-state index contributed by atoms with van der Waals surface area (Å²) in [6.45, 7) is 4.63. The molecule has 114 valence electrons. The van der Waals surface area contributed by atoms with Crippen molar-refractivity contribution in [3.05, 3.63) is 0 Å². The van der Waals surface area contributed by atoms with E-state index in [1.165, 1.54) is 0 Å². The van der Waals surface area contributed by atoms with E-state index < -0.39 is 11.4 Å². The molecule has 2 N–H and O–H groups in total. The topological polar surface area (TPSA) is 72.9 Å². The van der Waals surface area contributed by atoms with E-state index in [1.807, 2.05) is 0 Å². The summed E-state index contributed by atoms with van der Waals surface area (Å²) in [5.74, 6) is -0.813. The monoisotopic (exact) mass is 283 g/mol. The number of likely N-dealkylation sites (tertiary alicyclic amines) is 2. The molecule has 0 aliphatic carbocycles. The van der Waals surface area contributed by atoms with Gasteiger partial charge in [0.15, 0.2) is 0 Å². The quantitative estimate of drug-likeness (QED) is 0.792. The van der Waals surface area contributed by atoms with Crippen LogP contribution in [0, 0.1) is 5.41 Å². The number of urea groups is 1. The molecule has 2 rings (SSSR count). The molecule has 2 heterocycles. The maximum absolute atomic E-state index is 12.3. The summed E-state index contributed by atoms with van der Waals surface area (Å²) in [5, 5.41) is 12.3. The van der Waals surface area contributed by atoms with E-state index >= 15 is 0 Å². The summed E-state index contributed by atoms with van der Waals surface area (Å²) < 4.78 is 0. The van der Waals surface area contributed by atoms with Crippen molar-refractivity contribution in [2.75, 3.05) is 33.2 Å². The molecule has 2 atom stereocenters. The minimum absolute atomic E-state index is 0.113. The molecule has 2 fully saturated rings. The Hall–Kier alpha value is -1.30. The minimum atomic E-state index is -0.813. The van der Waals surface area contributed by atoms with E-state index in [0.717, 1.165) is 32.4 Å². The highest BCUT2D eigenvalue weighted by Crippen LogP contribution is 2.29. The molecular weight excluding hydrogens is 258 g/mol. The first-order chi connectivity index (χ1) is 9.40. The van der Waals surface area contributed by atoms with E-state index in [1.54, 1.807) is 11.8 Å². The third kappa shape index (κ3) is 3.42. The van der Waals surface area contributed by atoms with Crippen LogP contribution in [0.25, 0.3) is 0 Å². The maximum atomic E-state index is 12.3. The van der Waals surface area contributed by atoms with Crippen LogP contribution in [0.2, 0.25) is 0 Å². The van der Waals surface area contributed by atoms with Crippen molar-refractivity contribution >= 4 is 12.0 Å². The summed E-state index contributed by atoms with van der Waals surface area (Å²) in [7, 11) is 2.06. The van der Waals surface area contributed by atoms with Gasteiger partial charge in [0.05, 0.1) is 5.41 Å². The first-order valence-corrected chi connectivity index (χ1v) is 7.38. The summed E-state index contributed by atoms with van der Waals surface area (Å²) in [4.78, 5) is 27.5. The highest BCUT2D eigenvalue weighted by Gasteiger charge is 2.39.